The van der Waals surface area contributed by atoms with Crippen LogP contribution in [-0.4, -0.2) is 19.1 Å². The zero-order chi connectivity index (χ0) is 17.4. The fraction of sp³-hybridized carbons (Fsp3) is 0.526. The lowest BCUT2D eigenvalue weighted by molar-refractivity contribution is -0.121. The van der Waals surface area contributed by atoms with Crippen LogP contribution in [0.2, 0.25) is 0 Å². The Balaban J connectivity index is 0.00000312. The number of carbonyl (C=O) groups excluding carboxylic acids is 1. The van der Waals surface area contributed by atoms with Crippen molar-refractivity contribution in [2.45, 2.75) is 52.0 Å². The number of halogens is 1. The summed E-state index contributed by atoms with van der Waals surface area (Å²) in [5.74, 6) is 1.54. The molecule has 3 N–H and O–H groups in total. The first-order valence-electron chi connectivity index (χ1n) is 8.80. The van der Waals surface area contributed by atoms with Gasteiger partial charge in [0.2, 0.25) is 5.91 Å². The number of carbonyl (C=O) groups is 1. The fourth-order valence-corrected chi connectivity index (χ4v) is 2.71. The lowest BCUT2D eigenvalue weighted by Gasteiger charge is -2.11. The van der Waals surface area contributed by atoms with Gasteiger partial charge in [-0.25, -0.2) is 0 Å². The van der Waals surface area contributed by atoms with Crippen molar-refractivity contribution >= 4 is 29.3 Å². The van der Waals surface area contributed by atoms with Crippen LogP contribution in [0.25, 0.3) is 11.0 Å². The fourth-order valence-electron chi connectivity index (χ4n) is 2.71. The van der Waals surface area contributed by atoms with E-state index >= 15 is 0 Å². The maximum Gasteiger partial charge on any atom is 0.220 e. The van der Waals surface area contributed by atoms with Crippen molar-refractivity contribution in [3.05, 3.63) is 30.0 Å². The lowest BCUT2D eigenvalue weighted by atomic mass is 10.1. The molecule has 1 aromatic carbocycles. The van der Waals surface area contributed by atoms with E-state index in [4.69, 9.17) is 14.9 Å². The van der Waals surface area contributed by atoms with Gasteiger partial charge in [0.15, 0.2) is 11.3 Å². The number of amides is 1. The Morgan fingerprint density at radius 3 is 2.76 bits per heavy atom. The predicted octanol–water partition coefficient (Wildman–Crippen LogP) is 4.34. The van der Waals surface area contributed by atoms with Crippen LogP contribution in [0.5, 0.6) is 5.75 Å². The Hall–Kier alpha value is -1.72. The first kappa shape index (κ1) is 21.3. The minimum absolute atomic E-state index is 0. The molecule has 0 radical (unpaired) electrons. The van der Waals surface area contributed by atoms with Gasteiger partial charge in [0, 0.05) is 11.8 Å². The van der Waals surface area contributed by atoms with Crippen molar-refractivity contribution in [1.82, 2.24) is 5.32 Å². The quantitative estimate of drug-likeness (QED) is 0.611. The molecule has 0 spiro atoms. The van der Waals surface area contributed by atoms with E-state index in [1.165, 1.54) is 0 Å². The number of benzene rings is 1. The van der Waals surface area contributed by atoms with Crippen molar-refractivity contribution in [2.75, 3.05) is 13.2 Å². The number of unbranched alkanes of at least 4 members (excludes halogenated alkanes) is 3. The highest BCUT2D eigenvalue weighted by atomic mass is 35.5. The monoisotopic (exact) mass is 368 g/mol. The molecule has 0 saturated heterocycles. The van der Waals surface area contributed by atoms with Crippen molar-refractivity contribution in [1.29, 1.82) is 0 Å². The molecular weight excluding hydrogens is 340 g/mol. The summed E-state index contributed by atoms with van der Waals surface area (Å²) in [6.45, 7) is 5.19. The normalized spacial score (nSPS) is 11.8. The van der Waals surface area contributed by atoms with Crippen LogP contribution < -0.4 is 15.8 Å². The molecule has 6 heteroatoms. The topological polar surface area (TPSA) is 77.5 Å². The van der Waals surface area contributed by atoms with Gasteiger partial charge in [0.25, 0.3) is 0 Å². The molecule has 2 aromatic rings. The number of furan rings is 1. The standard InChI is InChI=1S/C19H28N2O3.ClH/c1-3-23-16-10-8-9-15-13-17(24-19(15)16)14(2)21-18(22)11-6-4-5-7-12-20;/h8-10,13-14H,3-7,11-12,20H2,1-2H3,(H,21,22);1H. The van der Waals surface area contributed by atoms with E-state index in [1.54, 1.807) is 0 Å². The van der Waals surface area contributed by atoms with E-state index in [2.05, 4.69) is 5.32 Å². The number of nitrogens with one attached hydrogen (secondary N) is 1. The molecule has 0 fully saturated rings. The average Bonchev–Trinajstić information content (AvgIpc) is 3.00. The summed E-state index contributed by atoms with van der Waals surface area (Å²) in [5, 5.41) is 3.99. The van der Waals surface area contributed by atoms with Crippen LogP contribution in [0.1, 0.15) is 57.8 Å². The third kappa shape index (κ3) is 6.25. The molecule has 5 nitrogen and oxygen atoms in total. The number of hydrogen-bond acceptors (Lipinski definition) is 4. The summed E-state index contributed by atoms with van der Waals surface area (Å²) in [6, 6.07) is 7.62. The highest BCUT2D eigenvalue weighted by Gasteiger charge is 2.16. The molecule has 0 saturated carbocycles. The number of fused-ring (bicyclic) bond motifs is 1. The third-order valence-electron chi connectivity index (χ3n) is 3.99. The molecule has 0 aliphatic rings. The van der Waals surface area contributed by atoms with Gasteiger partial charge in [0.1, 0.15) is 5.76 Å². The second-order valence-electron chi connectivity index (χ2n) is 6.00. The summed E-state index contributed by atoms with van der Waals surface area (Å²) >= 11 is 0. The van der Waals surface area contributed by atoms with Crippen LogP contribution in [0.3, 0.4) is 0 Å². The Morgan fingerprint density at radius 2 is 2.04 bits per heavy atom. The van der Waals surface area contributed by atoms with Gasteiger partial charge < -0.3 is 20.2 Å². The Kier molecular flexibility index (Phi) is 9.39. The van der Waals surface area contributed by atoms with Crippen LogP contribution >= 0.6 is 12.4 Å². The zero-order valence-electron chi connectivity index (χ0n) is 15.0. The van der Waals surface area contributed by atoms with Crippen LogP contribution in [0, 0.1) is 0 Å². The Labute approximate surface area is 155 Å². The molecule has 1 atom stereocenters. The van der Waals surface area contributed by atoms with Crippen molar-refractivity contribution in [3.63, 3.8) is 0 Å². The summed E-state index contributed by atoms with van der Waals surface area (Å²) in [6.07, 6.45) is 4.59. The minimum atomic E-state index is -0.164. The van der Waals surface area contributed by atoms with E-state index < -0.39 is 0 Å². The maximum atomic E-state index is 12.0. The van der Waals surface area contributed by atoms with Crippen molar-refractivity contribution in [2.24, 2.45) is 5.73 Å². The van der Waals surface area contributed by atoms with Gasteiger partial charge in [-0.05, 0) is 45.4 Å². The first-order valence-corrected chi connectivity index (χ1v) is 8.80. The van der Waals surface area contributed by atoms with Gasteiger partial charge in [-0.2, -0.15) is 0 Å². The van der Waals surface area contributed by atoms with Crippen molar-refractivity contribution in [3.8, 4) is 5.75 Å². The molecule has 1 heterocycles. The third-order valence-corrected chi connectivity index (χ3v) is 3.99. The number of ether oxygens (including phenoxy) is 1. The lowest BCUT2D eigenvalue weighted by Crippen LogP contribution is -2.25. The van der Waals surface area contributed by atoms with Gasteiger partial charge >= 0.3 is 0 Å². The number of hydrogen-bond donors (Lipinski definition) is 2. The Bertz CT molecular complexity index is 657. The van der Waals surface area contributed by atoms with Crippen LogP contribution in [0.4, 0.5) is 0 Å². The molecular formula is C19H29ClN2O3. The highest BCUT2D eigenvalue weighted by Crippen LogP contribution is 2.31. The predicted molar refractivity (Wildman–Crippen MR) is 103 cm³/mol. The molecule has 1 aromatic heterocycles. The second-order valence-corrected chi connectivity index (χ2v) is 6.00. The molecule has 1 amide bonds. The van der Waals surface area contributed by atoms with Gasteiger partial charge in [0.05, 0.1) is 12.6 Å². The van der Waals surface area contributed by atoms with E-state index in [-0.39, 0.29) is 24.4 Å². The minimum Gasteiger partial charge on any atom is -0.490 e. The summed E-state index contributed by atoms with van der Waals surface area (Å²) in [4.78, 5) is 12.0. The summed E-state index contributed by atoms with van der Waals surface area (Å²) in [7, 11) is 0. The summed E-state index contributed by atoms with van der Waals surface area (Å²) in [5.41, 5.74) is 6.20. The van der Waals surface area contributed by atoms with Crippen LogP contribution in [-0.2, 0) is 4.79 Å². The van der Waals surface area contributed by atoms with Gasteiger partial charge in [-0.1, -0.05) is 25.0 Å². The maximum absolute atomic E-state index is 12.0. The molecule has 0 aliphatic carbocycles. The summed E-state index contributed by atoms with van der Waals surface area (Å²) < 4.78 is 11.5. The van der Waals surface area contributed by atoms with Crippen molar-refractivity contribution < 1.29 is 13.9 Å². The van der Waals surface area contributed by atoms with E-state index in [0.29, 0.717) is 13.0 Å². The molecule has 1 unspecified atom stereocenters. The molecule has 140 valence electrons. The molecule has 0 aliphatic heterocycles. The average molecular weight is 369 g/mol. The number of rotatable bonds is 10. The zero-order valence-corrected chi connectivity index (χ0v) is 15.9. The SMILES string of the molecule is CCOc1cccc2cc(C(C)NC(=O)CCCCCCN)oc12.Cl. The van der Waals surface area contributed by atoms with E-state index in [0.717, 1.165) is 54.7 Å². The molecule has 25 heavy (non-hydrogen) atoms. The van der Waals surface area contributed by atoms with E-state index in [1.807, 2.05) is 38.1 Å². The number of nitrogens with two attached hydrogens (primary N) is 1. The van der Waals surface area contributed by atoms with Gasteiger partial charge in [-0.3, -0.25) is 4.79 Å². The molecule has 0 bridgehead atoms. The van der Waals surface area contributed by atoms with Crippen LogP contribution in [0.15, 0.2) is 28.7 Å². The largest absolute Gasteiger partial charge is 0.490 e. The van der Waals surface area contributed by atoms with Gasteiger partial charge in [-0.15, -0.1) is 12.4 Å². The number of para-hydroxylation sites is 1. The van der Waals surface area contributed by atoms with E-state index in [9.17, 15) is 4.79 Å². The first-order chi connectivity index (χ1) is 11.7. The smallest absolute Gasteiger partial charge is 0.220 e. The highest BCUT2D eigenvalue weighted by molar-refractivity contribution is 5.85. The second kappa shape index (κ2) is 11.0. The molecule has 2 rings (SSSR count). The Morgan fingerprint density at radius 1 is 1.28 bits per heavy atom.